The maximum Gasteiger partial charge on any atom is 0.212 e. The lowest BCUT2D eigenvalue weighted by Crippen LogP contribution is -1.80. The highest BCUT2D eigenvalue weighted by molar-refractivity contribution is 9.11. The molecule has 0 aliphatic carbocycles. The molecule has 0 fully saturated rings. The second-order valence-corrected chi connectivity index (χ2v) is 2.24. The Balaban J connectivity index is 2.89. The van der Waals surface area contributed by atoms with Crippen molar-refractivity contribution < 1.29 is 4.39 Å². The summed E-state index contributed by atoms with van der Waals surface area (Å²) in [6, 6.07) is 2.97. The van der Waals surface area contributed by atoms with Gasteiger partial charge in [-0.3, -0.25) is 0 Å². The highest BCUT2D eigenvalue weighted by Gasteiger charge is 1.88. The number of halogens is 2. The van der Waals surface area contributed by atoms with Gasteiger partial charge in [0.15, 0.2) is 0 Å². The van der Waals surface area contributed by atoms with Crippen LogP contribution in [0.2, 0.25) is 0 Å². The number of nitrogens with zero attached hydrogens (tertiary/aromatic N) is 1. The fourth-order valence-corrected chi connectivity index (χ4v) is 0.864. The van der Waals surface area contributed by atoms with Gasteiger partial charge in [-0.1, -0.05) is 15.9 Å². The molecule has 1 aromatic heterocycles. The predicted molar refractivity (Wildman–Crippen MR) is 42.2 cm³/mol. The molecule has 1 aromatic rings. The maximum absolute atomic E-state index is 12.2. The number of hydrogen-bond donors (Lipinski definition) is 0. The second kappa shape index (κ2) is 3.46. The van der Waals surface area contributed by atoms with Crippen LogP contribution in [-0.4, -0.2) is 4.98 Å². The topological polar surface area (TPSA) is 12.9 Å². The van der Waals surface area contributed by atoms with Gasteiger partial charge in [-0.25, -0.2) is 4.98 Å². The molecule has 1 rings (SSSR count). The predicted octanol–water partition coefficient (Wildman–Crippen LogP) is 2.59. The fraction of sp³-hybridized carbons (Fsp3) is 0. The molecular formula is C7H5BrFN. The van der Waals surface area contributed by atoms with E-state index < -0.39 is 5.95 Å². The molecule has 0 atom stereocenters. The fourth-order valence-electron chi connectivity index (χ4n) is 0.559. The quantitative estimate of drug-likeness (QED) is 0.637. The Kier molecular flexibility index (Phi) is 2.57. The Labute approximate surface area is 66.7 Å². The van der Waals surface area contributed by atoms with Crippen molar-refractivity contribution in [2.24, 2.45) is 0 Å². The smallest absolute Gasteiger partial charge is 0.212 e. The molecule has 52 valence electrons. The molecule has 0 aromatic carbocycles. The van der Waals surface area contributed by atoms with Crippen molar-refractivity contribution >= 4 is 22.0 Å². The van der Waals surface area contributed by atoms with E-state index in [0.29, 0.717) is 0 Å². The van der Waals surface area contributed by atoms with Crippen LogP contribution in [-0.2, 0) is 0 Å². The molecule has 1 heterocycles. The molecule has 0 aliphatic heterocycles. The lowest BCUT2D eigenvalue weighted by atomic mass is 10.3. The molecule has 0 radical (unpaired) electrons. The summed E-state index contributed by atoms with van der Waals surface area (Å²) < 4.78 is 12.2. The van der Waals surface area contributed by atoms with E-state index in [1.807, 2.05) is 0 Å². The van der Waals surface area contributed by atoms with Crippen molar-refractivity contribution in [3.63, 3.8) is 0 Å². The van der Waals surface area contributed by atoms with Gasteiger partial charge in [-0.15, -0.1) is 0 Å². The Morgan fingerprint density at radius 1 is 1.50 bits per heavy atom. The van der Waals surface area contributed by atoms with E-state index in [0.717, 1.165) is 5.56 Å². The molecule has 0 bridgehead atoms. The van der Waals surface area contributed by atoms with E-state index >= 15 is 0 Å². The van der Waals surface area contributed by atoms with Crippen molar-refractivity contribution in [2.75, 3.05) is 0 Å². The van der Waals surface area contributed by atoms with Crippen LogP contribution in [0.5, 0.6) is 0 Å². The molecule has 0 saturated heterocycles. The third kappa shape index (κ3) is 1.92. The molecule has 1 nitrogen and oxygen atoms in total. The first-order chi connectivity index (χ1) is 4.83. The van der Waals surface area contributed by atoms with Gasteiger partial charge in [0.05, 0.1) is 0 Å². The van der Waals surface area contributed by atoms with Crippen LogP contribution in [0.15, 0.2) is 23.3 Å². The average molecular weight is 202 g/mol. The molecular weight excluding hydrogens is 197 g/mol. The number of rotatable bonds is 1. The summed E-state index contributed by atoms with van der Waals surface area (Å²) in [7, 11) is 0. The van der Waals surface area contributed by atoms with Crippen LogP contribution < -0.4 is 0 Å². The summed E-state index contributed by atoms with van der Waals surface area (Å²) in [5, 5.41) is 0. The lowest BCUT2D eigenvalue weighted by molar-refractivity contribution is 0.583. The van der Waals surface area contributed by atoms with Crippen molar-refractivity contribution in [3.8, 4) is 0 Å². The standard InChI is InChI=1S/C7H5BrFN/c8-4-3-6-1-2-7(9)10-5-6/h1-5H/b4-3+. The van der Waals surface area contributed by atoms with Gasteiger partial charge < -0.3 is 0 Å². The zero-order valence-corrected chi connectivity index (χ0v) is 6.68. The molecule has 3 heteroatoms. The van der Waals surface area contributed by atoms with Gasteiger partial charge in [-0.2, -0.15) is 4.39 Å². The SMILES string of the molecule is Fc1ccc(/C=C/Br)cn1. The van der Waals surface area contributed by atoms with E-state index in [9.17, 15) is 4.39 Å². The molecule has 10 heavy (non-hydrogen) atoms. The van der Waals surface area contributed by atoms with Crippen LogP contribution in [0.4, 0.5) is 4.39 Å². The van der Waals surface area contributed by atoms with Gasteiger partial charge >= 0.3 is 0 Å². The third-order valence-electron chi connectivity index (χ3n) is 1.01. The Morgan fingerprint density at radius 3 is 2.80 bits per heavy atom. The molecule has 0 saturated carbocycles. The van der Waals surface area contributed by atoms with E-state index in [1.54, 1.807) is 17.1 Å². The average Bonchev–Trinajstić information content (AvgIpc) is 1.95. The number of aromatic nitrogens is 1. The van der Waals surface area contributed by atoms with Gasteiger partial charge in [0, 0.05) is 6.20 Å². The Hall–Kier alpha value is -0.700. The second-order valence-electron chi connectivity index (χ2n) is 1.71. The largest absolute Gasteiger partial charge is 0.228 e. The first-order valence-corrected chi connectivity index (χ1v) is 3.63. The normalized spacial score (nSPS) is 10.6. The molecule has 0 N–H and O–H groups in total. The van der Waals surface area contributed by atoms with Gasteiger partial charge in [0.1, 0.15) is 0 Å². The van der Waals surface area contributed by atoms with Crippen LogP contribution in [0.25, 0.3) is 6.08 Å². The number of hydrogen-bond acceptors (Lipinski definition) is 1. The highest BCUT2D eigenvalue weighted by Crippen LogP contribution is 2.02. The van der Waals surface area contributed by atoms with E-state index in [2.05, 4.69) is 20.9 Å². The Morgan fingerprint density at radius 2 is 2.30 bits per heavy atom. The summed E-state index contributed by atoms with van der Waals surface area (Å²) in [6.45, 7) is 0. The summed E-state index contributed by atoms with van der Waals surface area (Å²) in [5.74, 6) is -0.452. The van der Waals surface area contributed by atoms with Crippen molar-refractivity contribution in [1.29, 1.82) is 0 Å². The molecule has 0 aliphatic rings. The van der Waals surface area contributed by atoms with Gasteiger partial charge in [0.25, 0.3) is 0 Å². The first kappa shape index (κ1) is 7.41. The van der Waals surface area contributed by atoms with Crippen molar-refractivity contribution in [3.05, 3.63) is 34.8 Å². The zero-order valence-electron chi connectivity index (χ0n) is 5.09. The molecule has 0 spiro atoms. The third-order valence-corrected chi connectivity index (χ3v) is 1.27. The highest BCUT2D eigenvalue weighted by atomic mass is 79.9. The van der Waals surface area contributed by atoms with E-state index in [1.165, 1.54) is 12.3 Å². The minimum atomic E-state index is -0.452. The van der Waals surface area contributed by atoms with Gasteiger partial charge in [-0.05, 0) is 28.8 Å². The van der Waals surface area contributed by atoms with Crippen LogP contribution in [0, 0.1) is 5.95 Å². The van der Waals surface area contributed by atoms with E-state index in [-0.39, 0.29) is 0 Å². The lowest BCUT2D eigenvalue weighted by Gasteiger charge is -1.88. The Bertz CT molecular complexity index is 230. The minimum absolute atomic E-state index is 0.452. The van der Waals surface area contributed by atoms with E-state index in [4.69, 9.17) is 0 Å². The zero-order chi connectivity index (χ0) is 7.40. The van der Waals surface area contributed by atoms with Gasteiger partial charge in [0.2, 0.25) is 5.95 Å². The van der Waals surface area contributed by atoms with Crippen LogP contribution in [0.1, 0.15) is 5.56 Å². The molecule has 0 unspecified atom stereocenters. The van der Waals surface area contributed by atoms with Crippen LogP contribution in [0.3, 0.4) is 0 Å². The monoisotopic (exact) mass is 201 g/mol. The summed E-state index contributed by atoms with van der Waals surface area (Å²) in [5.41, 5.74) is 0.873. The summed E-state index contributed by atoms with van der Waals surface area (Å²) in [6.07, 6.45) is 3.25. The number of pyridine rings is 1. The van der Waals surface area contributed by atoms with Crippen molar-refractivity contribution in [1.82, 2.24) is 4.98 Å². The maximum atomic E-state index is 12.2. The van der Waals surface area contributed by atoms with Crippen molar-refractivity contribution in [2.45, 2.75) is 0 Å². The van der Waals surface area contributed by atoms with Crippen LogP contribution >= 0.6 is 15.9 Å². The minimum Gasteiger partial charge on any atom is -0.228 e. The summed E-state index contributed by atoms with van der Waals surface area (Å²) in [4.78, 5) is 5.16. The molecule has 0 amide bonds. The first-order valence-electron chi connectivity index (χ1n) is 2.71. The summed E-state index contributed by atoms with van der Waals surface area (Å²) >= 11 is 3.10.